The van der Waals surface area contributed by atoms with E-state index in [1.54, 1.807) is 12.1 Å². The number of rotatable bonds is 4. The maximum Gasteiger partial charge on any atom is 0.185 e. The van der Waals surface area contributed by atoms with E-state index in [0.717, 1.165) is 16.8 Å². The first-order valence-corrected chi connectivity index (χ1v) is 7.07. The fourth-order valence-corrected chi connectivity index (χ4v) is 2.03. The zero-order valence-electron chi connectivity index (χ0n) is 12.0. The molecule has 0 atom stereocenters. The first-order chi connectivity index (χ1) is 10.0. The van der Waals surface area contributed by atoms with Gasteiger partial charge < -0.3 is 5.32 Å². The second-order valence-corrected chi connectivity index (χ2v) is 5.29. The van der Waals surface area contributed by atoms with Crippen LogP contribution in [-0.2, 0) is 6.54 Å². The predicted octanol–water partition coefficient (Wildman–Crippen LogP) is 3.43. The van der Waals surface area contributed by atoms with E-state index in [9.17, 15) is 4.39 Å². The van der Waals surface area contributed by atoms with Crippen LogP contribution >= 0.6 is 12.2 Å². The van der Waals surface area contributed by atoms with Crippen LogP contribution in [0.2, 0.25) is 0 Å². The van der Waals surface area contributed by atoms with Gasteiger partial charge in [-0.3, -0.25) is 10.9 Å². The topological polar surface area (TPSA) is 36.1 Å². The molecule has 110 valence electrons. The van der Waals surface area contributed by atoms with Crippen molar-refractivity contribution in [2.75, 3.05) is 5.43 Å². The van der Waals surface area contributed by atoms with Gasteiger partial charge in [0.2, 0.25) is 0 Å². The molecular weight excluding hydrogens is 285 g/mol. The van der Waals surface area contributed by atoms with Crippen molar-refractivity contribution in [3.8, 4) is 0 Å². The maximum atomic E-state index is 12.8. The molecule has 0 aliphatic carbocycles. The van der Waals surface area contributed by atoms with Gasteiger partial charge in [-0.15, -0.1) is 0 Å². The van der Waals surface area contributed by atoms with Crippen LogP contribution in [0, 0.1) is 19.7 Å². The number of halogens is 1. The molecular formula is C16H18FN3S. The Balaban J connectivity index is 1.80. The Morgan fingerprint density at radius 3 is 2.48 bits per heavy atom. The molecule has 0 radical (unpaired) electrons. The molecule has 2 rings (SSSR count). The summed E-state index contributed by atoms with van der Waals surface area (Å²) >= 11 is 5.19. The smallest absolute Gasteiger partial charge is 0.185 e. The Morgan fingerprint density at radius 2 is 1.81 bits per heavy atom. The van der Waals surface area contributed by atoms with Crippen molar-refractivity contribution in [1.29, 1.82) is 0 Å². The van der Waals surface area contributed by atoms with Crippen LogP contribution in [0.3, 0.4) is 0 Å². The van der Waals surface area contributed by atoms with Crippen molar-refractivity contribution in [2.45, 2.75) is 20.4 Å². The van der Waals surface area contributed by atoms with Crippen LogP contribution < -0.4 is 16.2 Å². The quantitative estimate of drug-likeness (QED) is 0.597. The summed E-state index contributed by atoms with van der Waals surface area (Å²) in [6.45, 7) is 4.63. The van der Waals surface area contributed by atoms with Gasteiger partial charge in [-0.1, -0.05) is 29.8 Å². The van der Waals surface area contributed by atoms with Gasteiger partial charge in [-0.05, 0) is 55.4 Å². The second-order valence-electron chi connectivity index (χ2n) is 4.88. The monoisotopic (exact) mass is 303 g/mol. The molecule has 0 saturated carbocycles. The van der Waals surface area contributed by atoms with Gasteiger partial charge in [-0.25, -0.2) is 4.39 Å². The van der Waals surface area contributed by atoms with Crippen LogP contribution in [0.25, 0.3) is 0 Å². The predicted molar refractivity (Wildman–Crippen MR) is 88.5 cm³/mol. The average molecular weight is 303 g/mol. The van der Waals surface area contributed by atoms with Crippen LogP contribution in [0.15, 0.2) is 42.5 Å². The zero-order valence-corrected chi connectivity index (χ0v) is 12.9. The molecule has 0 aliphatic heterocycles. The molecule has 2 aromatic rings. The summed E-state index contributed by atoms with van der Waals surface area (Å²) < 4.78 is 12.8. The number of benzene rings is 2. The molecule has 0 unspecified atom stereocenters. The summed E-state index contributed by atoms with van der Waals surface area (Å²) in [5.41, 5.74) is 10.3. The minimum absolute atomic E-state index is 0.240. The summed E-state index contributed by atoms with van der Waals surface area (Å²) in [5.74, 6) is -0.240. The lowest BCUT2D eigenvalue weighted by Gasteiger charge is -2.14. The van der Waals surface area contributed by atoms with Gasteiger partial charge >= 0.3 is 0 Å². The Kier molecular flexibility index (Phi) is 5.11. The first-order valence-electron chi connectivity index (χ1n) is 6.66. The molecule has 0 aromatic heterocycles. The second kappa shape index (κ2) is 7.04. The van der Waals surface area contributed by atoms with E-state index in [1.165, 1.54) is 17.7 Å². The van der Waals surface area contributed by atoms with E-state index in [2.05, 4.69) is 29.2 Å². The third-order valence-corrected chi connectivity index (χ3v) is 3.31. The molecule has 0 spiro atoms. The molecule has 5 heteroatoms. The Labute approximate surface area is 129 Å². The summed E-state index contributed by atoms with van der Waals surface area (Å²) in [6, 6.07) is 12.4. The normalized spacial score (nSPS) is 10.0. The minimum atomic E-state index is -0.240. The van der Waals surface area contributed by atoms with Crippen molar-refractivity contribution in [2.24, 2.45) is 0 Å². The van der Waals surface area contributed by atoms with Gasteiger partial charge in [-0.2, -0.15) is 0 Å². The van der Waals surface area contributed by atoms with E-state index in [4.69, 9.17) is 12.2 Å². The molecule has 3 nitrogen and oxygen atoms in total. The van der Waals surface area contributed by atoms with E-state index in [1.807, 2.05) is 19.1 Å². The minimum Gasteiger partial charge on any atom is -0.357 e. The van der Waals surface area contributed by atoms with Crippen LogP contribution in [-0.4, -0.2) is 5.11 Å². The highest BCUT2D eigenvalue weighted by Gasteiger charge is 2.00. The Bertz CT molecular complexity index is 626. The highest BCUT2D eigenvalue weighted by molar-refractivity contribution is 7.80. The largest absolute Gasteiger partial charge is 0.357 e. The molecule has 2 aromatic carbocycles. The molecule has 0 saturated heterocycles. The lowest BCUT2D eigenvalue weighted by molar-refractivity contribution is 0.626. The number of hydrogen-bond donors (Lipinski definition) is 3. The van der Waals surface area contributed by atoms with E-state index in [0.29, 0.717) is 11.7 Å². The Morgan fingerprint density at radius 1 is 1.10 bits per heavy atom. The fourth-order valence-electron chi connectivity index (χ4n) is 1.91. The SMILES string of the molecule is Cc1ccc(NNC(=S)NCc2ccc(F)cc2)c(C)c1. The van der Waals surface area contributed by atoms with Crippen molar-refractivity contribution in [3.05, 3.63) is 65.0 Å². The molecule has 0 bridgehead atoms. The first kappa shape index (κ1) is 15.3. The number of aryl methyl sites for hydroxylation is 2. The van der Waals surface area contributed by atoms with Gasteiger partial charge in [0.05, 0.1) is 5.69 Å². The maximum absolute atomic E-state index is 12.8. The lowest BCUT2D eigenvalue weighted by Crippen LogP contribution is -2.38. The fraction of sp³-hybridized carbons (Fsp3) is 0.188. The Hall–Kier alpha value is -2.14. The number of nitrogens with one attached hydrogen (secondary N) is 3. The molecule has 0 amide bonds. The molecule has 3 N–H and O–H groups in total. The highest BCUT2D eigenvalue weighted by Crippen LogP contribution is 2.14. The third-order valence-electron chi connectivity index (χ3n) is 3.06. The molecule has 0 aliphatic rings. The van der Waals surface area contributed by atoms with Crippen LogP contribution in [0.5, 0.6) is 0 Å². The van der Waals surface area contributed by atoms with Crippen molar-refractivity contribution >= 4 is 23.0 Å². The van der Waals surface area contributed by atoms with Gasteiger partial charge in [0, 0.05) is 6.54 Å². The van der Waals surface area contributed by atoms with Crippen molar-refractivity contribution in [1.82, 2.24) is 10.7 Å². The van der Waals surface area contributed by atoms with Crippen molar-refractivity contribution < 1.29 is 4.39 Å². The zero-order chi connectivity index (χ0) is 15.2. The number of hydrogen-bond acceptors (Lipinski definition) is 2. The van der Waals surface area contributed by atoms with E-state index in [-0.39, 0.29) is 5.82 Å². The lowest BCUT2D eigenvalue weighted by atomic mass is 10.1. The van der Waals surface area contributed by atoms with Gasteiger partial charge in [0.15, 0.2) is 5.11 Å². The van der Waals surface area contributed by atoms with Gasteiger partial charge in [0.1, 0.15) is 5.82 Å². The van der Waals surface area contributed by atoms with Gasteiger partial charge in [0.25, 0.3) is 0 Å². The summed E-state index contributed by atoms with van der Waals surface area (Å²) in [7, 11) is 0. The summed E-state index contributed by atoms with van der Waals surface area (Å²) in [6.07, 6.45) is 0. The molecule has 21 heavy (non-hydrogen) atoms. The summed E-state index contributed by atoms with van der Waals surface area (Å²) in [4.78, 5) is 0. The molecule has 0 heterocycles. The van der Waals surface area contributed by atoms with E-state index < -0.39 is 0 Å². The third kappa shape index (κ3) is 4.72. The van der Waals surface area contributed by atoms with Crippen LogP contribution in [0.4, 0.5) is 10.1 Å². The molecule has 0 fully saturated rings. The van der Waals surface area contributed by atoms with Crippen LogP contribution in [0.1, 0.15) is 16.7 Å². The van der Waals surface area contributed by atoms with Crippen molar-refractivity contribution in [3.63, 3.8) is 0 Å². The number of hydrazine groups is 1. The number of anilines is 1. The highest BCUT2D eigenvalue weighted by atomic mass is 32.1. The van der Waals surface area contributed by atoms with E-state index >= 15 is 0 Å². The summed E-state index contributed by atoms with van der Waals surface area (Å²) in [5, 5.41) is 3.54. The average Bonchev–Trinajstić information content (AvgIpc) is 2.46. The number of thiocarbonyl (C=S) groups is 1. The standard InChI is InChI=1S/C16H18FN3S/c1-11-3-8-15(12(2)9-11)19-20-16(21)18-10-13-4-6-14(17)7-5-13/h3-9,19H,10H2,1-2H3,(H2,18,20,21).